The lowest BCUT2D eigenvalue weighted by atomic mass is 10.0. The molecule has 2 saturated heterocycles. The van der Waals surface area contributed by atoms with E-state index >= 15 is 0 Å². The van der Waals surface area contributed by atoms with E-state index in [1.165, 1.54) is 24.8 Å². The number of likely N-dealkylation sites (N-methyl/N-ethyl adjacent to an activating group) is 1. The highest BCUT2D eigenvalue weighted by atomic mass is 16.5. The standard InChI is InChI=1S/C65H76N10O11/c1-39(2)60(70-58(76)12-9-8-10-21-73-59(77)28-40(3)63(73)80)62(79)68-41(4)61(78)69-46-17-13-42(14-18-46)44-29-48-35-66-52-33-56(54(83-6)31-50(52)64(81)74(48)37-44)85-26-11-27-86-57-34-53-51(32-55(57)84-7)65(82)75-38-45(30-49(75)36-67-53)43-15-19-47(20-16-43)72-24-22-71(5)23-25-72/h13-20,31-41,48-49,60H,8-12,21-30H2,1-7H3,(H,68,79)(H,69,78)(H,70,76)/t40-,41+,48?,49+,60+/m1/s1. The highest BCUT2D eigenvalue weighted by Crippen LogP contribution is 2.42. The zero-order valence-electron chi connectivity index (χ0n) is 49.9. The molecule has 0 saturated carbocycles. The van der Waals surface area contributed by atoms with Gasteiger partial charge in [-0.2, -0.15) is 0 Å². The second kappa shape index (κ2) is 26.6. The number of nitrogens with zero attached hydrogens (tertiary/aromatic N) is 7. The minimum absolute atomic E-state index is 0.152. The smallest absolute Gasteiger partial charge is 0.260 e. The summed E-state index contributed by atoms with van der Waals surface area (Å²) in [4.78, 5) is 111. The molecule has 1 unspecified atom stereocenters. The average Bonchev–Trinajstić information content (AvgIpc) is 2.13. The van der Waals surface area contributed by atoms with Crippen molar-refractivity contribution in [2.24, 2.45) is 21.8 Å². The number of nitrogens with one attached hydrogen (secondary N) is 3. The molecule has 21 heteroatoms. The van der Waals surface area contributed by atoms with Crippen LogP contribution in [0.4, 0.5) is 22.7 Å². The first kappa shape index (κ1) is 60.3. The Bertz CT molecular complexity index is 3390. The van der Waals surface area contributed by atoms with E-state index in [1.54, 1.807) is 66.3 Å². The summed E-state index contributed by atoms with van der Waals surface area (Å²) in [7, 11) is 5.20. The maximum Gasteiger partial charge on any atom is 0.260 e. The van der Waals surface area contributed by atoms with Gasteiger partial charge in [0.1, 0.15) is 12.1 Å². The number of aliphatic imine (C=N–C) groups is 2. The molecule has 10 rings (SSSR count). The summed E-state index contributed by atoms with van der Waals surface area (Å²) < 4.78 is 23.8. The lowest BCUT2D eigenvalue weighted by molar-refractivity contribution is -0.139. The van der Waals surface area contributed by atoms with Gasteiger partial charge in [0.15, 0.2) is 23.0 Å². The van der Waals surface area contributed by atoms with Crippen molar-refractivity contribution in [1.29, 1.82) is 0 Å². The molecule has 0 aliphatic carbocycles. The first-order valence-corrected chi connectivity index (χ1v) is 29.7. The van der Waals surface area contributed by atoms with Crippen molar-refractivity contribution < 1.29 is 52.5 Å². The predicted octanol–water partition coefficient (Wildman–Crippen LogP) is 7.79. The lowest BCUT2D eigenvalue weighted by Gasteiger charge is -2.34. The maximum absolute atomic E-state index is 14.2. The van der Waals surface area contributed by atoms with Gasteiger partial charge in [0.2, 0.25) is 29.5 Å². The quantitative estimate of drug-likeness (QED) is 0.0476. The van der Waals surface area contributed by atoms with E-state index in [2.05, 4.69) is 57.1 Å². The fourth-order valence-corrected chi connectivity index (χ4v) is 11.5. The third-order valence-corrected chi connectivity index (χ3v) is 16.6. The van der Waals surface area contributed by atoms with Gasteiger partial charge in [0.25, 0.3) is 11.8 Å². The summed E-state index contributed by atoms with van der Waals surface area (Å²) >= 11 is 0. The Kier molecular flexibility index (Phi) is 18.6. The monoisotopic (exact) mass is 1170 g/mol. The van der Waals surface area contributed by atoms with Crippen LogP contribution in [-0.2, 0) is 24.0 Å². The van der Waals surface area contributed by atoms with Gasteiger partial charge in [-0.3, -0.25) is 48.4 Å². The number of amides is 7. The Morgan fingerprint density at radius 1 is 0.640 bits per heavy atom. The molecule has 3 N–H and O–H groups in total. The molecular weight excluding hydrogens is 1100 g/mol. The van der Waals surface area contributed by atoms with Crippen LogP contribution < -0.4 is 39.8 Å². The first-order chi connectivity index (χ1) is 41.5. The summed E-state index contributed by atoms with van der Waals surface area (Å²) in [5, 5.41) is 8.38. The molecular formula is C65H76N10O11. The second-order valence-electron chi connectivity index (χ2n) is 23.1. The van der Waals surface area contributed by atoms with Crippen molar-refractivity contribution in [2.75, 3.05) is 77.4 Å². The molecule has 6 aliphatic heterocycles. The number of hydrogen-bond donors (Lipinski definition) is 3. The summed E-state index contributed by atoms with van der Waals surface area (Å²) in [6.45, 7) is 11.8. The normalized spacial score (nSPS) is 19.7. The number of imide groups is 1. The van der Waals surface area contributed by atoms with Crippen molar-refractivity contribution in [3.8, 4) is 23.0 Å². The number of piperazine rings is 1. The number of anilines is 2. The van der Waals surface area contributed by atoms with Gasteiger partial charge < -0.3 is 54.5 Å². The molecule has 7 amide bonds. The van der Waals surface area contributed by atoms with E-state index in [-0.39, 0.29) is 79.5 Å². The molecule has 2 fully saturated rings. The van der Waals surface area contributed by atoms with E-state index in [0.29, 0.717) is 96.3 Å². The predicted molar refractivity (Wildman–Crippen MR) is 328 cm³/mol. The Labute approximate surface area is 501 Å². The van der Waals surface area contributed by atoms with Crippen LogP contribution in [0.5, 0.6) is 23.0 Å². The summed E-state index contributed by atoms with van der Waals surface area (Å²) in [6.07, 6.45) is 11.1. The number of unbranched alkanes of at least 4 members (excludes halogenated alkanes) is 2. The van der Waals surface area contributed by atoms with Crippen molar-refractivity contribution in [3.63, 3.8) is 0 Å². The van der Waals surface area contributed by atoms with Crippen molar-refractivity contribution >= 4 is 87.7 Å². The first-order valence-electron chi connectivity index (χ1n) is 29.7. The summed E-state index contributed by atoms with van der Waals surface area (Å²) in [6, 6.07) is 20.2. The van der Waals surface area contributed by atoms with Crippen LogP contribution >= 0.6 is 0 Å². The molecule has 0 aromatic heterocycles. The number of rotatable bonds is 23. The van der Waals surface area contributed by atoms with Crippen LogP contribution in [0, 0.1) is 11.8 Å². The third kappa shape index (κ3) is 13.5. The highest BCUT2D eigenvalue weighted by molar-refractivity contribution is 6.07. The number of fused-ring (bicyclic) bond motifs is 4. The van der Waals surface area contributed by atoms with Crippen LogP contribution in [0.25, 0.3) is 11.1 Å². The van der Waals surface area contributed by atoms with Gasteiger partial charge in [-0.15, -0.1) is 0 Å². The molecule has 21 nitrogen and oxygen atoms in total. The molecule has 0 radical (unpaired) electrons. The Morgan fingerprint density at radius 2 is 1.19 bits per heavy atom. The second-order valence-corrected chi connectivity index (χ2v) is 23.1. The van der Waals surface area contributed by atoms with Crippen molar-refractivity contribution in [3.05, 3.63) is 107 Å². The number of hydrogen-bond acceptors (Lipinski definition) is 15. The molecule has 452 valence electrons. The zero-order valence-corrected chi connectivity index (χ0v) is 49.9. The molecule has 5 atom stereocenters. The van der Waals surface area contributed by atoms with Gasteiger partial charge in [0, 0.05) is 119 Å². The largest absolute Gasteiger partial charge is 0.493 e. The van der Waals surface area contributed by atoms with Gasteiger partial charge >= 0.3 is 0 Å². The van der Waals surface area contributed by atoms with E-state index in [0.717, 1.165) is 48.5 Å². The highest BCUT2D eigenvalue weighted by Gasteiger charge is 2.37. The molecule has 0 bridgehead atoms. The number of benzene rings is 4. The van der Waals surface area contributed by atoms with Gasteiger partial charge in [-0.25, -0.2) is 0 Å². The van der Waals surface area contributed by atoms with Crippen LogP contribution in [-0.4, -0.2) is 165 Å². The van der Waals surface area contributed by atoms with Crippen molar-refractivity contribution in [1.82, 2.24) is 30.2 Å². The van der Waals surface area contributed by atoms with E-state index < -0.39 is 23.9 Å². The Morgan fingerprint density at radius 3 is 1.70 bits per heavy atom. The molecule has 6 aliphatic rings. The van der Waals surface area contributed by atoms with Crippen LogP contribution in [0.1, 0.15) is 111 Å². The topological polar surface area (TPSA) is 233 Å². The molecule has 4 aromatic rings. The molecule has 6 heterocycles. The number of ether oxygens (including phenoxy) is 4. The fourth-order valence-electron chi connectivity index (χ4n) is 11.5. The minimum atomic E-state index is -0.922. The van der Waals surface area contributed by atoms with Gasteiger partial charge in [0.05, 0.1) is 62.0 Å². The van der Waals surface area contributed by atoms with E-state index in [9.17, 15) is 33.6 Å². The number of methoxy groups -OCH3 is 2. The minimum Gasteiger partial charge on any atom is -0.493 e. The molecule has 0 spiro atoms. The average molecular weight is 1170 g/mol. The van der Waals surface area contributed by atoms with E-state index in [1.807, 2.05) is 44.6 Å². The number of carbonyl (C=O) groups excluding carboxylic acids is 7. The van der Waals surface area contributed by atoms with Gasteiger partial charge in [-0.1, -0.05) is 51.5 Å². The van der Waals surface area contributed by atoms with Crippen molar-refractivity contribution in [2.45, 2.75) is 103 Å². The number of carbonyl (C=O) groups is 7. The summed E-state index contributed by atoms with van der Waals surface area (Å²) in [5.41, 5.74) is 7.34. The van der Waals surface area contributed by atoms with Crippen LogP contribution in [0.2, 0.25) is 0 Å². The van der Waals surface area contributed by atoms with E-state index in [4.69, 9.17) is 28.9 Å². The third-order valence-electron chi connectivity index (χ3n) is 16.6. The SMILES string of the molecule is COc1cc2c(cc1OCCCOc1cc3c(cc1OC)C(=O)N1C=C(c4ccc(N5CCN(C)CC5)cc4)C[C@H]1C=N3)N=CC1CC(c3ccc(NC(=O)[C@H](C)NC(=O)[C@@H](NC(=O)CCCCCN4C(=O)C[C@@H](C)C4=O)C(C)C)cc3)=CN1C2=O. The fraction of sp³-hybridized carbons (Fsp3) is 0.431. The van der Waals surface area contributed by atoms with Crippen LogP contribution in [0.3, 0.4) is 0 Å². The Hall–Kier alpha value is -8.85. The zero-order chi connectivity index (χ0) is 60.8. The Balaban J connectivity index is 0.680. The lowest BCUT2D eigenvalue weighted by Crippen LogP contribution is -2.53. The molecule has 4 aromatic carbocycles. The van der Waals surface area contributed by atoms with Crippen LogP contribution in [0.15, 0.2) is 95.2 Å². The van der Waals surface area contributed by atoms with Gasteiger partial charge in [-0.05, 0) is 91.4 Å². The maximum atomic E-state index is 14.2. The summed E-state index contributed by atoms with van der Waals surface area (Å²) in [5.74, 6) is -0.855. The molecule has 86 heavy (non-hydrogen) atoms. The number of likely N-dealkylation sites (tertiary alicyclic amines) is 1.